The predicted octanol–water partition coefficient (Wildman–Crippen LogP) is 4.66. The highest BCUT2D eigenvalue weighted by atomic mass is 79.9. The van der Waals surface area contributed by atoms with Gasteiger partial charge in [-0.3, -0.25) is 0 Å². The molecule has 0 aliphatic carbocycles. The SMILES string of the molecule is CSc1cc(CBr)c(F)c2ccsc12. The van der Waals surface area contributed by atoms with Crippen LogP contribution in [0.25, 0.3) is 10.1 Å². The Labute approximate surface area is 98.6 Å². The second-order valence-electron chi connectivity index (χ2n) is 2.85. The van der Waals surface area contributed by atoms with Crippen molar-refractivity contribution in [3.8, 4) is 0 Å². The van der Waals surface area contributed by atoms with Crippen molar-refractivity contribution in [3.63, 3.8) is 0 Å². The largest absolute Gasteiger partial charge is 0.206 e. The van der Waals surface area contributed by atoms with Gasteiger partial charge in [-0.05, 0) is 23.8 Å². The van der Waals surface area contributed by atoms with E-state index in [-0.39, 0.29) is 5.82 Å². The van der Waals surface area contributed by atoms with E-state index < -0.39 is 0 Å². The summed E-state index contributed by atoms with van der Waals surface area (Å²) in [6, 6.07) is 3.77. The van der Waals surface area contributed by atoms with Crippen LogP contribution in [0.3, 0.4) is 0 Å². The fraction of sp³-hybridized carbons (Fsp3) is 0.200. The molecule has 0 spiro atoms. The van der Waals surface area contributed by atoms with Crippen molar-refractivity contribution in [1.29, 1.82) is 0 Å². The number of rotatable bonds is 2. The van der Waals surface area contributed by atoms with Gasteiger partial charge in [0.25, 0.3) is 0 Å². The van der Waals surface area contributed by atoms with E-state index in [1.807, 2.05) is 23.8 Å². The molecule has 1 aromatic heterocycles. The Kier molecular flexibility index (Phi) is 3.14. The first-order valence-electron chi connectivity index (χ1n) is 4.06. The molecule has 2 rings (SSSR count). The van der Waals surface area contributed by atoms with Gasteiger partial charge in [-0.25, -0.2) is 4.39 Å². The lowest BCUT2D eigenvalue weighted by Gasteiger charge is -2.04. The number of fused-ring (bicyclic) bond motifs is 1. The zero-order chi connectivity index (χ0) is 10.1. The molecule has 0 atom stereocenters. The molecule has 0 bridgehead atoms. The average Bonchev–Trinajstić information content (AvgIpc) is 2.68. The van der Waals surface area contributed by atoms with E-state index in [2.05, 4.69) is 15.9 Å². The Morgan fingerprint density at radius 2 is 2.36 bits per heavy atom. The maximum atomic E-state index is 13.8. The number of thiophene rings is 1. The Balaban J connectivity index is 2.80. The molecule has 0 amide bonds. The number of hydrogen-bond donors (Lipinski definition) is 0. The number of alkyl halides is 1. The Bertz CT molecular complexity index is 464. The van der Waals surface area contributed by atoms with Crippen LogP contribution in [0.1, 0.15) is 5.56 Å². The summed E-state index contributed by atoms with van der Waals surface area (Å²) in [6.07, 6.45) is 2.02. The molecule has 74 valence electrons. The highest BCUT2D eigenvalue weighted by Gasteiger charge is 2.11. The molecular weight excluding hydrogens is 283 g/mol. The molecule has 2 aromatic rings. The second kappa shape index (κ2) is 4.21. The fourth-order valence-corrected chi connectivity index (χ4v) is 3.54. The maximum absolute atomic E-state index is 13.8. The van der Waals surface area contributed by atoms with E-state index in [1.165, 1.54) is 0 Å². The van der Waals surface area contributed by atoms with Crippen molar-refractivity contribution in [3.05, 3.63) is 28.9 Å². The summed E-state index contributed by atoms with van der Waals surface area (Å²) >= 11 is 6.56. The smallest absolute Gasteiger partial charge is 0.135 e. The Hall–Kier alpha value is -0.0600. The van der Waals surface area contributed by atoms with Gasteiger partial charge in [0.15, 0.2) is 0 Å². The van der Waals surface area contributed by atoms with Gasteiger partial charge in [-0.15, -0.1) is 23.1 Å². The molecule has 0 unspecified atom stereocenters. The highest BCUT2D eigenvalue weighted by Crippen LogP contribution is 2.35. The molecule has 0 nitrogen and oxygen atoms in total. The average molecular weight is 291 g/mol. The third-order valence-electron chi connectivity index (χ3n) is 2.08. The molecule has 14 heavy (non-hydrogen) atoms. The second-order valence-corrected chi connectivity index (χ2v) is 5.17. The number of benzene rings is 1. The normalized spacial score (nSPS) is 11.1. The molecule has 0 saturated carbocycles. The molecule has 0 saturated heterocycles. The fourth-order valence-electron chi connectivity index (χ4n) is 1.38. The predicted molar refractivity (Wildman–Crippen MR) is 66.2 cm³/mol. The van der Waals surface area contributed by atoms with Gasteiger partial charge in [-0.2, -0.15) is 0 Å². The van der Waals surface area contributed by atoms with Crippen molar-refractivity contribution >= 4 is 49.1 Å². The zero-order valence-corrected chi connectivity index (χ0v) is 10.7. The van der Waals surface area contributed by atoms with Crippen molar-refractivity contribution in [2.24, 2.45) is 0 Å². The number of halogens is 2. The van der Waals surface area contributed by atoms with E-state index in [0.717, 1.165) is 20.5 Å². The maximum Gasteiger partial charge on any atom is 0.135 e. The number of thioether (sulfide) groups is 1. The van der Waals surface area contributed by atoms with Crippen LogP contribution in [-0.4, -0.2) is 6.26 Å². The molecule has 0 aliphatic heterocycles. The van der Waals surface area contributed by atoms with E-state index in [4.69, 9.17) is 0 Å². The summed E-state index contributed by atoms with van der Waals surface area (Å²) in [5.41, 5.74) is 0.736. The van der Waals surface area contributed by atoms with Gasteiger partial charge in [0.1, 0.15) is 5.82 Å². The van der Waals surface area contributed by atoms with E-state index >= 15 is 0 Å². The summed E-state index contributed by atoms with van der Waals surface area (Å²) in [7, 11) is 0. The molecule has 0 N–H and O–H groups in total. The highest BCUT2D eigenvalue weighted by molar-refractivity contribution is 9.08. The van der Waals surface area contributed by atoms with E-state index in [9.17, 15) is 4.39 Å². The minimum Gasteiger partial charge on any atom is -0.206 e. The molecular formula is C10H8BrFS2. The van der Waals surface area contributed by atoms with Gasteiger partial charge < -0.3 is 0 Å². The van der Waals surface area contributed by atoms with Crippen molar-refractivity contribution in [2.45, 2.75) is 10.2 Å². The summed E-state index contributed by atoms with van der Waals surface area (Å²) < 4.78 is 14.8. The van der Waals surface area contributed by atoms with Crippen LogP contribution < -0.4 is 0 Å². The third-order valence-corrected chi connectivity index (χ3v) is 4.52. The van der Waals surface area contributed by atoms with Gasteiger partial charge in [0, 0.05) is 21.2 Å². The van der Waals surface area contributed by atoms with E-state index in [0.29, 0.717) is 5.33 Å². The summed E-state index contributed by atoms with van der Waals surface area (Å²) in [6.45, 7) is 0. The van der Waals surface area contributed by atoms with Crippen molar-refractivity contribution in [1.82, 2.24) is 0 Å². The lowest BCUT2D eigenvalue weighted by Crippen LogP contribution is -1.87. The first-order chi connectivity index (χ1) is 6.77. The summed E-state index contributed by atoms with van der Waals surface area (Å²) in [4.78, 5) is 1.16. The molecule has 4 heteroatoms. The zero-order valence-electron chi connectivity index (χ0n) is 7.51. The molecule has 0 fully saturated rings. The molecule has 1 aromatic carbocycles. The van der Waals surface area contributed by atoms with Crippen LogP contribution in [0, 0.1) is 5.82 Å². The monoisotopic (exact) mass is 290 g/mol. The van der Waals surface area contributed by atoms with Gasteiger partial charge in [-0.1, -0.05) is 15.9 Å². The minimum absolute atomic E-state index is 0.0871. The van der Waals surface area contributed by atoms with Crippen LogP contribution in [0.4, 0.5) is 4.39 Å². The standard InChI is InChI=1S/C10H8BrFS2/c1-13-8-4-6(5-11)9(12)7-2-3-14-10(7)8/h2-4H,5H2,1H3. The molecule has 0 radical (unpaired) electrons. The van der Waals surface area contributed by atoms with E-state index in [1.54, 1.807) is 23.1 Å². The first kappa shape index (κ1) is 10.5. The van der Waals surface area contributed by atoms with Crippen molar-refractivity contribution < 1.29 is 4.39 Å². The Morgan fingerprint density at radius 1 is 1.57 bits per heavy atom. The first-order valence-corrected chi connectivity index (χ1v) is 7.29. The molecule has 1 heterocycles. The van der Waals surface area contributed by atoms with Crippen molar-refractivity contribution in [2.75, 3.05) is 6.26 Å². The molecule has 0 aliphatic rings. The van der Waals surface area contributed by atoms with Crippen LogP contribution >= 0.6 is 39.0 Å². The van der Waals surface area contributed by atoms with Gasteiger partial charge >= 0.3 is 0 Å². The number of hydrogen-bond acceptors (Lipinski definition) is 2. The quantitative estimate of drug-likeness (QED) is 0.573. The van der Waals surface area contributed by atoms with Crippen LogP contribution in [0.2, 0.25) is 0 Å². The Morgan fingerprint density at radius 3 is 3.00 bits per heavy atom. The van der Waals surface area contributed by atoms with Crippen LogP contribution in [-0.2, 0) is 5.33 Å². The topological polar surface area (TPSA) is 0 Å². The summed E-state index contributed by atoms with van der Waals surface area (Å²) in [5, 5.41) is 3.25. The summed E-state index contributed by atoms with van der Waals surface area (Å²) in [5.74, 6) is -0.0871. The van der Waals surface area contributed by atoms with Crippen LogP contribution in [0.15, 0.2) is 22.4 Å². The third kappa shape index (κ3) is 1.59. The minimum atomic E-state index is -0.0871. The lowest BCUT2D eigenvalue weighted by atomic mass is 10.2. The van der Waals surface area contributed by atoms with Gasteiger partial charge in [0.2, 0.25) is 0 Å². The lowest BCUT2D eigenvalue weighted by molar-refractivity contribution is 0.629. The van der Waals surface area contributed by atoms with Gasteiger partial charge in [0.05, 0.1) is 4.70 Å². The van der Waals surface area contributed by atoms with Crippen LogP contribution in [0.5, 0.6) is 0 Å².